The summed E-state index contributed by atoms with van der Waals surface area (Å²) in [4.78, 5) is 24.2. The number of rotatable bonds is 3. The summed E-state index contributed by atoms with van der Waals surface area (Å²) in [6, 6.07) is 0. The lowest BCUT2D eigenvalue weighted by Gasteiger charge is -2.34. The molecule has 0 spiro atoms. The molecule has 2 unspecified atom stereocenters. The van der Waals surface area contributed by atoms with Crippen molar-refractivity contribution in [3.63, 3.8) is 0 Å². The minimum Gasteiger partial charge on any atom is -0.358 e. The minimum absolute atomic E-state index is 0.0336. The van der Waals surface area contributed by atoms with Crippen molar-refractivity contribution in [1.29, 1.82) is 0 Å². The lowest BCUT2D eigenvalue weighted by Crippen LogP contribution is -2.44. The Hall–Kier alpha value is -1.44. The largest absolute Gasteiger partial charge is 0.404 e. The van der Waals surface area contributed by atoms with E-state index in [1.54, 1.807) is 0 Å². The van der Waals surface area contributed by atoms with Crippen LogP contribution in [0.2, 0.25) is 0 Å². The van der Waals surface area contributed by atoms with Gasteiger partial charge < -0.3 is 15.0 Å². The van der Waals surface area contributed by atoms with E-state index in [1.807, 2.05) is 4.90 Å². The predicted molar refractivity (Wildman–Crippen MR) is 76.1 cm³/mol. The van der Waals surface area contributed by atoms with Gasteiger partial charge in [0.15, 0.2) is 0 Å². The Kier molecular flexibility index (Phi) is 4.42. The van der Waals surface area contributed by atoms with Crippen molar-refractivity contribution in [3.05, 3.63) is 20.8 Å². The van der Waals surface area contributed by atoms with Gasteiger partial charge >= 0.3 is 5.82 Å². The second-order valence-corrected chi connectivity index (χ2v) is 6.35. The van der Waals surface area contributed by atoms with Crippen LogP contribution in [0.15, 0.2) is 10.7 Å². The number of likely N-dealkylation sites (tertiary alicyclic amines) is 1. The molecular weight excluding hydrogens is 328 g/mol. The maximum Gasteiger partial charge on any atom is 0.404 e. The molecule has 2 atom stereocenters. The molecule has 0 bridgehead atoms. The SMILES string of the molecule is CC1CC(C)CN(C(=O)Cn2cc(Br)c([N+](=O)[O-])n2)C1. The molecule has 0 saturated carbocycles. The Morgan fingerprint density at radius 3 is 2.60 bits per heavy atom. The third kappa shape index (κ3) is 3.36. The highest BCUT2D eigenvalue weighted by Gasteiger charge is 2.27. The van der Waals surface area contributed by atoms with Crippen LogP contribution in [0.4, 0.5) is 5.82 Å². The zero-order chi connectivity index (χ0) is 14.9. The van der Waals surface area contributed by atoms with E-state index < -0.39 is 4.92 Å². The van der Waals surface area contributed by atoms with Crippen LogP contribution >= 0.6 is 15.9 Å². The zero-order valence-corrected chi connectivity index (χ0v) is 13.0. The van der Waals surface area contributed by atoms with Crippen molar-refractivity contribution in [2.75, 3.05) is 13.1 Å². The highest BCUT2D eigenvalue weighted by Crippen LogP contribution is 2.23. The normalized spacial score (nSPS) is 22.9. The first-order valence-electron chi connectivity index (χ1n) is 6.52. The molecule has 2 rings (SSSR count). The van der Waals surface area contributed by atoms with Gasteiger partial charge in [0.2, 0.25) is 5.91 Å². The van der Waals surface area contributed by atoms with Crippen molar-refractivity contribution in [2.24, 2.45) is 11.8 Å². The molecule has 7 nitrogen and oxygen atoms in total. The van der Waals surface area contributed by atoms with Gasteiger partial charge in [0.25, 0.3) is 0 Å². The van der Waals surface area contributed by atoms with Crippen LogP contribution in [0.5, 0.6) is 0 Å². The average Bonchev–Trinajstić information content (AvgIpc) is 2.69. The van der Waals surface area contributed by atoms with Crippen LogP contribution in [-0.4, -0.2) is 38.6 Å². The lowest BCUT2D eigenvalue weighted by molar-refractivity contribution is -0.390. The summed E-state index contributed by atoms with van der Waals surface area (Å²) < 4.78 is 1.60. The van der Waals surface area contributed by atoms with Crippen LogP contribution in [0.25, 0.3) is 0 Å². The number of carbonyl (C=O) groups is 1. The summed E-state index contributed by atoms with van der Waals surface area (Å²) in [7, 11) is 0. The van der Waals surface area contributed by atoms with E-state index in [4.69, 9.17) is 0 Å². The smallest absolute Gasteiger partial charge is 0.358 e. The second-order valence-electron chi connectivity index (χ2n) is 5.50. The van der Waals surface area contributed by atoms with Gasteiger partial charge in [-0.1, -0.05) is 13.8 Å². The molecule has 1 aliphatic rings. The number of nitrogens with zero attached hydrogens (tertiary/aromatic N) is 4. The topological polar surface area (TPSA) is 81.3 Å². The molecule has 1 saturated heterocycles. The molecule has 0 radical (unpaired) electrons. The van der Waals surface area contributed by atoms with Gasteiger partial charge in [0, 0.05) is 13.1 Å². The molecular formula is C12H17BrN4O3. The molecule has 1 aromatic rings. The van der Waals surface area contributed by atoms with E-state index in [-0.39, 0.29) is 22.7 Å². The quantitative estimate of drug-likeness (QED) is 0.620. The third-order valence-corrected chi connectivity index (χ3v) is 3.95. The van der Waals surface area contributed by atoms with Crippen LogP contribution in [0, 0.1) is 22.0 Å². The van der Waals surface area contributed by atoms with E-state index in [1.165, 1.54) is 10.9 Å². The molecule has 0 aliphatic carbocycles. The van der Waals surface area contributed by atoms with E-state index in [0.29, 0.717) is 11.8 Å². The number of carbonyl (C=O) groups excluding carboxylic acids is 1. The van der Waals surface area contributed by atoms with Gasteiger partial charge in [0.1, 0.15) is 11.0 Å². The predicted octanol–water partition coefficient (Wildman–Crippen LogP) is 2.06. The number of amides is 1. The summed E-state index contributed by atoms with van der Waals surface area (Å²) in [5.41, 5.74) is 0. The highest BCUT2D eigenvalue weighted by molar-refractivity contribution is 9.10. The summed E-state index contributed by atoms with van der Waals surface area (Å²) in [5.74, 6) is 0.661. The number of hydrogen-bond donors (Lipinski definition) is 0. The van der Waals surface area contributed by atoms with Gasteiger partial charge in [0.05, 0.1) is 11.3 Å². The number of halogens is 1. The van der Waals surface area contributed by atoms with Crippen molar-refractivity contribution < 1.29 is 9.72 Å². The number of hydrogen-bond acceptors (Lipinski definition) is 4. The lowest BCUT2D eigenvalue weighted by atomic mass is 9.92. The molecule has 2 heterocycles. The molecule has 8 heteroatoms. The first-order valence-corrected chi connectivity index (χ1v) is 7.31. The molecule has 0 aromatic carbocycles. The Morgan fingerprint density at radius 1 is 1.50 bits per heavy atom. The Bertz CT molecular complexity index is 521. The average molecular weight is 345 g/mol. The van der Waals surface area contributed by atoms with E-state index in [0.717, 1.165) is 19.5 Å². The Morgan fingerprint density at radius 2 is 2.10 bits per heavy atom. The fourth-order valence-electron chi connectivity index (χ4n) is 2.70. The maximum absolute atomic E-state index is 12.2. The zero-order valence-electron chi connectivity index (χ0n) is 11.5. The molecule has 1 amide bonds. The summed E-state index contributed by atoms with van der Waals surface area (Å²) in [6.45, 7) is 5.78. The second kappa shape index (κ2) is 5.90. The molecule has 20 heavy (non-hydrogen) atoms. The van der Waals surface area contributed by atoms with Crippen molar-refractivity contribution in [3.8, 4) is 0 Å². The molecule has 1 aromatic heterocycles. The van der Waals surface area contributed by atoms with Crippen molar-refractivity contribution >= 4 is 27.7 Å². The van der Waals surface area contributed by atoms with Gasteiger partial charge in [-0.3, -0.25) is 4.79 Å². The number of nitro groups is 1. The van der Waals surface area contributed by atoms with Gasteiger partial charge in [-0.05, 0) is 39.1 Å². The monoisotopic (exact) mass is 344 g/mol. The van der Waals surface area contributed by atoms with Gasteiger partial charge in [-0.15, -0.1) is 0 Å². The molecule has 1 fully saturated rings. The fourth-order valence-corrected chi connectivity index (χ4v) is 3.16. The molecule has 1 aliphatic heterocycles. The third-order valence-electron chi connectivity index (χ3n) is 3.39. The van der Waals surface area contributed by atoms with Crippen molar-refractivity contribution in [1.82, 2.24) is 14.7 Å². The highest BCUT2D eigenvalue weighted by atomic mass is 79.9. The minimum atomic E-state index is -0.573. The fraction of sp³-hybridized carbons (Fsp3) is 0.667. The van der Waals surface area contributed by atoms with Crippen LogP contribution in [0.3, 0.4) is 0 Å². The first-order chi connectivity index (χ1) is 9.36. The van der Waals surface area contributed by atoms with Crippen molar-refractivity contribution in [2.45, 2.75) is 26.8 Å². The number of aromatic nitrogens is 2. The van der Waals surface area contributed by atoms with Crippen LogP contribution in [0.1, 0.15) is 20.3 Å². The van der Waals surface area contributed by atoms with Crippen LogP contribution < -0.4 is 0 Å². The Balaban J connectivity index is 2.04. The standard InChI is InChI=1S/C12H17BrN4O3/c1-8-3-9(2)5-15(4-8)11(18)7-16-6-10(13)12(14-16)17(19)20/h6,8-9H,3-5,7H2,1-2H3. The van der Waals surface area contributed by atoms with E-state index >= 15 is 0 Å². The summed E-state index contributed by atoms with van der Waals surface area (Å²) in [6.07, 6.45) is 2.59. The van der Waals surface area contributed by atoms with E-state index in [9.17, 15) is 14.9 Å². The van der Waals surface area contributed by atoms with E-state index in [2.05, 4.69) is 34.9 Å². The summed E-state index contributed by atoms with van der Waals surface area (Å²) in [5, 5.41) is 14.5. The number of piperidine rings is 1. The van der Waals surface area contributed by atoms with Crippen LogP contribution in [-0.2, 0) is 11.3 Å². The van der Waals surface area contributed by atoms with Gasteiger partial charge in [-0.2, -0.15) is 4.68 Å². The maximum atomic E-state index is 12.2. The summed E-state index contributed by atoms with van der Waals surface area (Å²) >= 11 is 3.07. The van der Waals surface area contributed by atoms with Gasteiger partial charge in [-0.25, -0.2) is 0 Å². The molecule has 110 valence electrons. The first kappa shape index (κ1) is 15.0. The molecule has 0 N–H and O–H groups in total. The Labute approximate surface area is 125 Å².